The molecule has 24 heavy (non-hydrogen) atoms. The Labute approximate surface area is 149 Å². The van der Waals surface area contributed by atoms with Crippen molar-refractivity contribution in [3.05, 3.63) is 59.4 Å². The Hall–Kier alpha value is -1.47. The summed E-state index contributed by atoms with van der Waals surface area (Å²) in [5.41, 5.74) is 2.63. The molecule has 2 aromatic rings. The maximum atomic E-state index is 13.2. The van der Waals surface area contributed by atoms with Crippen LogP contribution in [0.4, 0.5) is 0 Å². The highest BCUT2D eigenvalue weighted by atomic mass is 35.5. The number of hydrogen-bond donors (Lipinski definition) is 1. The maximum Gasteiger partial charge on any atom is 0.243 e. The van der Waals surface area contributed by atoms with Gasteiger partial charge in [-0.05, 0) is 42.7 Å². The summed E-state index contributed by atoms with van der Waals surface area (Å²) in [6.45, 7) is 5.45. The molecule has 7 heteroatoms. The van der Waals surface area contributed by atoms with Gasteiger partial charge in [0.1, 0.15) is 0 Å². The molecule has 2 heterocycles. The lowest BCUT2D eigenvalue weighted by Gasteiger charge is -2.35. The molecule has 1 aliphatic rings. The summed E-state index contributed by atoms with van der Waals surface area (Å²) in [4.78, 5) is 4.53. The average molecular weight is 368 g/mol. The summed E-state index contributed by atoms with van der Waals surface area (Å²) in [7, 11) is -3.55. The van der Waals surface area contributed by atoms with E-state index in [1.165, 1.54) is 0 Å². The first-order valence-corrected chi connectivity index (χ1v) is 9.14. The highest BCUT2D eigenvalue weighted by Crippen LogP contribution is 2.30. The summed E-state index contributed by atoms with van der Waals surface area (Å²) >= 11 is 0. The second-order valence-electron chi connectivity index (χ2n) is 5.89. The molecule has 1 aromatic heterocycles. The van der Waals surface area contributed by atoms with E-state index in [0.29, 0.717) is 24.5 Å². The van der Waals surface area contributed by atoms with Gasteiger partial charge < -0.3 is 5.32 Å². The third-order valence-electron chi connectivity index (χ3n) is 4.19. The molecule has 0 bridgehead atoms. The van der Waals surface area contributed by atoms with Crippen LogP contribution in [0.3, 0.4) is 0 Å². The van der Waals surface area contributed by atoms with Crippen molar-refractivity contribution in [1.29, 1.82) is 0 Å². The first kappa shape index (κ1) is 18.9. The topological polar surface area (TPSA) is 62.3 Å². The molecule has 3 rings (SSSR count). The molecule has 0 aliphatic carbocycles. The number of rotatable bonds is 3. The monoisotopic (exact) mass is 367 g/mol. The van der Waals surface area contributed by atoms with Crippen LogP contribution in [0.2, 0.25) is 0 Å². The van der Waals surface area contributed by atoms with Gasteiger partial charge in [-0.3, -0.25) is 4.98 Å². The summed E-state index contributed by atoms with van der Waals surface area (Å²) in [6.07, 6.45) is 3.44. The van der Waals surface area contributed by atoms with Gasteiger partial charge in [-0.2, -0.15) is 4.31 Å². The normalized spacial score (nSPS) is 18.8. The number of aryl methyl sites for hydroxylation is 2. The fraction of sp³-hybridized carbons (Fsp3) is 0.353. The van der Waals surface area contributed by atoms with Crippen LogP contribution in [0, 0.1) is 13.8 Å². The Kier molecular flexibility index (Phi) is 5.98. The van der Waals surface area contributed by atoms with Crippen molar-refractivity contribution in [1.82, 2.24) is 14.6 Å². The van der Waals surface area contributed by atoms with E-state index in [-0.39, 0.29) is 18.4 Å². The van der Waals surface area contributed by atoms with E-state index in [2.05, 4.69) is 10.3 Å². The molecule has 1 fully saturated rings. The van der Waals surface area contributed by atoms with Crippen LogP contribution in [0.25, 0.3) is 0 Å². The second-order valence-corrected chi connectivity index (χ2v) is 7.75. The van der Waals surface area contributed by atoms with Gasteiger partial charge in [0.2, 0.25) is 10.0 Å². The van der Waals surface area contributed by atoms with Crippen LogP contribution >= 0.6 is 12.4 Å². The molecule has 0 amide bonds. The van der Waals surface area contributed by atoms with Gasteiger partial charge in [0.25, 0.3) is 0 Å². The molecule has 1 saturated heterocycles. The molecule has 0 radical (unpaired) electrons. The first-order chi connectivity index (χ1) is 11.0. The zero-order valence-corrected chi connectivity index (χ0v) is 15.4. The van der Waals surface area contributed by atoms with E-state index in [9.17, 15) is 8.42 Å². The van der Waals surface area contributed by atoms with E-state index in [0.717, 1.165) is 16.7 Å². The fourth-order valence-corrected chi connectivity index (χ4v) is 4.87. The molecule has 1 atom stereocenters. The van der Waals surface area contributed by atoms with Crippen molar-refractivity contribution in [3.63, 3.8) is 0 Å². The van der Waals surface area contributed by atoms with E-state index >= 15 is 0 Å². The molecular formula is C17H22ClN3O2S. The van der Waals surface area contributed by atoms with Gasteiger partial charge in [-0.1, -0.05) is 18.2 Å². The second kappa shape index (κ2) is 7.61. The van der Waals surface area contributed by atoms with Gasteiger partial charge in [-0.15, -0.1) is 12.4 Å². The SMILES string of the molecule is Cc1ccc(C)c(S(=O)(=O)N2CCNCC2c2cccnc2)c1.Cl. The Balaban J connectivity index is 0.00000208. The summed E-state index contributed by atoms with van der Waals surface area (Å²) in [5.74, 6) is 0. The lowest BCUT2D eigenvalue weighted by molar-refractivity contribution is 0.271. The predicted molar refractivity (Wildman–Crippen MR) is 96.9 cm³/mol. The summed E-state index contributed by atoms with van der Waals surface area (Å²) < 4.78 is 28.0. The number of benzene rings is 1. The quantitative estimate of drug-likeness (QED) is 0.905. The van der Waals surface area contributed by atoms with Gasteiger partial charge in [-0.25, -0.2) is 8.42 Å². The Morgan fingerprint density at radius 1 is 1.25 bits per heavy atom. The Morgan fingerprint density at radius 2 is 2.04 bits per heavy atom. The third-order valence-corrected chi connectivity index (χ3v) is 6.24. The van der Waals surface area contributed by atoms with Gasteiger partial charge in [0.05, 0.1) is 10.9 Å². The van der Waals surface area contributed by atoms with Crippen molar-refractivity contribution in [2.24, 2.45) is 0 Å². The summed E-state index contributed by atoms with van der Waals surface area (Å²) in [5, 5.41) is 3.28. The fourth-order valence-electron chi connectivity index (χ4n) is 2.94. The minimum Gasteiger partial charge on any atom is -0.313 e. The highest BCUT2D eigenvalue weighted by molar-refractivity contribution is 7.89. The van der Waals surface area contributed by atoms with Crippen LogP contribution in [-0.4, -0.2) is 37.3 Å². The number of piperazine rings is 1. The molecule has 1 unspecified atom stereocenters. The Bertz CT molecular complexity index is 797. The van der Waals surface area contributed by atoms with Gasteiger partial charge >= 0.3 is 0 Å². The van der Waals surface area contributed by atoms with Gasteiger partial charge in [0, 0.05) is 32.0 Å². The molecule has 1 N–H and O–H groups in total. The predicted octanol–water partition coefficient (Wildman–Crippen LogP) is 2.46. The molecule has 0 spiro atoms. The number of nitrogens with one attached hydrogen (secondary N) is 1. The summed E-state index contributed by atoms with van der Waals surface area (Å²) in [6, 6.07) is 9.09. The molecule has 1 aliphatic heterocycles. The van der Waals surface area contributed by atoms with Crippen LogP contribution in [-0.2, 0) is 10.0 Å². The molecule has 130 valence electrons. The van der Waals surface area contributed by atoms with Crippen molar-refractivity contribution in [3.8, 4) is 0 Å². The standard InChI is InChI=1S/C17H21N3O2S.ClH/c1-13-5-6-14(2)17(10-13)23(21,22)20-9-8-19-12-16(20)15-4-3-7-18-11-15;/h3-7,10-11,16,19H,8-9,12H2,1-2H3;1H. The number of hydrogen-bond acceptors (Lipinski definition) is 4. The number of sulfonamides is 1. The van der Waals surface area contributed by atoms with Crippen LogP contribution < -0.4 is 5.32 Å². The van der Waals surface area contributed by atoms with Crippen molar-refractivity contribution >= 4 is 22.4 Å². The van der Waals surface area contributed by atoms with Crippen molar-refractivity contribution < 1.29 is 8.42 Å². The van der Waals surface area contributed by atoms with E-state index in [1.54, 1.807) is 22.8 Å². The van der Waals surface area contributed by atoms with E-state index < -0.39 is 10.0 Å². The smallest absolute Gasteiger partial charge is 0.243 e. The highest BCUT2D eigenvalue weighted by Gasteiger charge is 2.35. The minimum absolute atomic E-state index is 0. The van der Waals surface area contributed by atoms with Gasteiger partial charge in [0.15, 0.2) is 0 Å². The van der Waals surface area contributed by atoms with Crippen LogP contribution in [0.1, 0.15) is 22.7 Å². The minimum atomic E-state index is -3.55. The third kappa shape index (κ3) is 3.62. The Morgan fingerprint density at radius 3 is 2.75 bits per heavy atom. The number of nitrogens with zero attached hydrogens (tertiary/aromatic N) is 2. The zero-order valence-electron chi connectivity index (χ0n) is 13.8. The molecule has 5 nitrogen and oxygen atoms in total. The number of pyridine rings is 1. The van der Waals surface area contributed by atoms with Crippen LogP contribution in [0.5, 0.6) is 0 Å². The van der Waals surface area contributed by atoms with Crippen molar-refractivity contribution in [2.45, 2.75) is 24.8 Å². The molecule has 1 aromatic carbocycles. The zero-order chi connectivity index (χ0) is 16.4. The van der Waals surface area contributed by atoms with E-state index in [1.807, 2.05) is 38.1 Å². The number of aromatic nitrogens is 1. The maximum absolute atomic E-state index is 13.2. The molecule has 0 saturated carbocycles. The number of halogens is 1. The largest absolute Gasteiger partial charge is 0.313 e. The van der Waals surface area contributed by atoms with Crippen LogP contribution in [0.15, 0.2) is 47.6 Å². The average Bonchev–Trinajstić information content (AvgIpc) is 2.58. The lowest BCUT2D eigenvalue weighted by Crippen LogP contribution is -2.48. The lowest BCUT2D eigenvalue weighted by atomic mass is 10.1. The van der Waals surface area contributed by atoms with E-state index in [4.69, 9.17) is 0 Å². The molecular weight excluding hydrogens is 346 g/mol. The first-order valence-electron chi connectivity index (χ1n) is 7.70. The van der Waals surface area contributed by atoms with Crippen molar-refractivity contribution in [2.75, 3.05) is 19.6 Å².